The van der Waals surface area contributed by atoms with Crippen LogP contribution in [0.15, 0.2) is 12.2 Å². The average Bonchev–Trinajstić information content (AvgIpc) is 1.67. The largest absolute Gasteiger partial charge is 0.291 e. The van der Waals surface area contributed by atoms with Crippen LogP contribution in [0.3, 0.4) is 0 Å². The van der Waals surface area contributed by atoms with Gasteiger partial charge < -0.3 is 0 Å². The molecule has 0 rings (SSSR count). The van der Waals surface area contributed by atoms with Crippen LogP contribution in [0, 0.1) is 0 Å². The van der Waals surface area contributed by atoms with Gasteiger partial charge in [-0.1, -0.05) is 6.08 Å². The quantitative estimate of drug-likeness (QED) is 0.389. The average molecular weight is 112 g/mol. The first-order valence-electron chi connectivity index (χ1n) is 2.36. The maximum Gasteiger partial charge on any atom is 0.220 e. The van der Waals surface area contributed by atoms with Crippen molar-refractivity contribution >= 4 is 11.6 Å². The second-order valence-corrected chi connectivity index (χ2v) is 1.42. The Balaban J connectivity index is 3.85. The van der Waals surface area contributed by atoms with Gasteiger partial charge in [0.15, 0.2) is 5.78 Å². The Morgan fingerprint density at radius 1 is 1.38 bits per heavy atom. The Bertz CT molecular complexity index is 133. The maximum atomic E-state index is 10.3. The van der Waals surface area contributed by atoms with Gasteiger partial charge in [0, 0.05) is 6.92 Å². The molecule has 8 heavy (non-hydrogen) atoms. The molecular weight excluding hydrogens is 104 g/mol. The van der Waals surface area contributed by atoms with Crippen LogP contribution in [0.1, 0.15) is 13.8 Å². The van der Waals surface area contributed by atoms with Crippen LogP contribution in [-0.2, 0) is 9.59 Å². The molecule has 0 unspecified atom stereocenters. The molecule has 0 spiro atoms. The summed E-state index contributed by atoms with van der Waals surface area (Å²) in [5.74, 6) is -0.851. The number of allylic oxidation sites excluding steroid dienone is 2. The van der Waals surface area contributed by atoms with E-state index in [0.717, 1.165) is 0 Å². The Kier molecular flexibility index (Phi) is 2.77. The number of rotatable bonds is 2. The SMILES string of the molecule is C/C=C\C(=O)C(C)=O. The van der Waals surface area contributed by atoms with Gasteiger partial charge in [-0.3, -0.25) is 9.59 Å². The first kappa shape index (κ1) is 7.08. The van der Waals surface area contributed by atoms with Gasteiger partial charge in [0.05, 0.1) is 0 Å². The summed E-state index contributed by atoms with van der Waals surface area (Å²) >= 11 is 0. The summed E-state index contributed by atoms with van der Waals surface area (Å²) in [6.45, 7) is 2.95. The lowest BCUT2D eigenvalue weighted by atomic mass is 10.3. The van der Waals surface area contributed by atoms with E-state index in [-0.39, 0.29) is 0 Å². The lowest BCUT2D eigenvalue weighted by Gasteiger charge is -1.78. The van der Waals surface area contributed by atoms with Crippen LogP contribution >= 0.6 is 0 Å². The summed E-state index contributed by atoms with van der Waals surface area (Å²) in [5, 5.41) is 0. The molecule has 0 aromatic rings. The normalized spacial score (nSPS) is 9.75. The number of ketones is 2. The zero-order chi connectivity index (χ0) is 6.57. The molecule has 0 heterocycles. The zero-order valence-electron chi connectivity index (χ0n) is 4.97. The fourth-order valence-corrected chi connectivity index (χ4v) is 0.269. The fraction of sp³-hybridized carbons (Fsp3) is 0.333. The zero-order valence-corrected chi connectivity index (χ0v) is 4.97. The molecule has 0 atom stereocenters. The van der Waals surface area contributed by atoms with Crippen LogP contribution in [0.5, 0.6) is 0 Å². The van der Waals surface area contributed by atoms with Gasteiger partial charge >= 0.3 is 0 Å². The Hall–Kier alpha value is -0.920. The van der Waals surface area contributed by atoms with Gasteiger partial charge in [-0.15, -0.1) is 0 Å². The Labute approximate surface area is 48.2 Å². The summed E-state index contributed by atoms with van der Waals surface area (Å²) in [5.41, 5.74) is 0. The van der Waals surface area contributed by atoms with Gasteiger partial charge in [-0.05, 0) is 13.0 Å². The van der Waals surface area contributed by atoms with Crippen molar-refractivity contribution in [1.82, 2.24) is 0 Å². The summed E-state index contributed by atoms with van der Waals surface area (Å²) < 4.78 is 0. The third-order valence-electron chi connectivity index (χ3n) is 0.665. The second kappa shape index (κ2) is 3.13. The van der Waals surface area contributed by atoms with Crippen molar-refractivity contribution in [3.63, 3.8) is 0 Å². The molecule has 2 heteroatoms. The van der Waals surface area contributed by atoms with Crippen molar-refractivity contribution in [2.75, 3.05) is 0 Å². The molecule has 0 aromatic heterocycles. The molecular formula is C6H8O2. The first-order chi connectivity index (χ1) is 3.68. The van der Waals surface area contributed by atoms with E-state index in [4.69, 9.17) is 0 Å². The molecule has 0 amide bonds. The van der Waals surface area contributed by atoms with E-state index in [2.05, 4.69) is 0 Å². The predicted molar refractivity (Wildman–Crippen MR) is 30.5 cm³/mol. The van der Waals surface area contributed by atoms with Crippen molar-refractivity contribution in [1.29, 1.82) is 0 Å². The van der Waals surface area contributed by atoms with Crippen LogP contribution in [0.2, 0.25) is 0 Å². The number of hydrogen-bond donors (Lipinski definition) is 0. The third kappa shape index (κ3) is 2.29. The van der Waals surface area contributed by atoms with Crippen molar-refractivity contribution in [2.24, 2.45) is 0 Å². The van der Waals surface area contributed by atoms with Crippen LogP contribution in [0.4, 0.5) is 0 Å². The standard InChI is InChI=1S/C6H8O2/c1-3-4-6(8)5(2)7/h3-4H,1-2H3/b4-3-. The van der Waals surface area contributed by atoms with Crippen molar-refractivity contribution in [3.05, 3.63) is 12.2 Å². The molecule has 44 valence electrons. The van der Waals surface area contributed by atoms with E-state index >= 15 is 0 Å². The summed E-state index contributed by atoms with van der Waals surface area (Å²) in [6.07, 6.45) is 2.80. The highest BCUT2D eigenvalue weighted by Gasteiger charge is 1.98. The summed E-state index contributed by atoms with van der Waals surface area (Å²) in [7, 11) is 0. The van der Waals surface area contributed by atoms with Gasteiger partial charge in [-0.25, -0.2) is 0 Å². The minimum atomic E-state index is -0.437. The Morgan fingerprint density at radius 3 is 2.00 bits per heavy atom. The highest BCUT2D eigenvalue weighted by molar-refractivity contribution is 6.40. The molecule has 0 radical (unpaired) electrons. The van der Waals surface area contributed by atoms with E-state index < -0.39 is 11.6 Å². The minimum Gasteiger partial charge on any atom is -0.291 e. The van der Waals surface area contributed by atoms with E-state index in [1.54, 1.807) is 13.0 Å². The van der Waals surface area contributed by atoms with Gasteiger partial charge in [-0.2, -0.15) is 0 Å². The number of Topliss-reactive ketones (excluding diaryl/α,β-unsaturated/α-hetero) is 1. The van der Waals surface area contributed by atoms with E-state index in [1.807, 2.05) is 0 Å². The van der Waals surface area contributed by atoms with Crippen molar-refractivity contribution < 1.29 is 9.59 Å². The highest BCUT2D eigenvalue weighted by Crippen LogP contribution is 1.76. The first-order valence-corrected chi connectivity index (χ1v) is 2.36. The van der Waals surface area contributed by atoms with E-state index in [0.29, 0.717) is 0 Å². The second-order valence-electron chi connectivity index (χ2n) is 1.42. The maximum absolute atomic E-state index is 10.3. The lowest BCUT2D eigenvalue weighted by molar-refractivity contribution is -0.132. The topological polar surface area (TPSA) is 34.1 Å². The van der Waals surface area contributed by atoms with Crippen molar-refractivity contribution in [2.45, 2.75) is 13.8 Å². The molecule has 0 saturated heterocycles. The molecule has 0 saturated carbocycles. The Morgan fingerprint density at radius 2 is 1.88 bits per heavy atom. The summed E-state index contributed by atoms with van der Waals surface area (Å²) in [6, 6.07) is 0. The van der Waals surface area contributed by atoms with Gasteiger partial charge in [0.2, 0.25) is 5.78 Å². The highest BCUT2D eigenvalue weighted by atomic mass is 16.2. The van der Waals surface area contributed by atoms with E-state index in [9.17, 15) is 9.59 Å². The van der Waals surface area contributed by atoms with Gasteiger partial charge in [0.25, 0.3) is 0 Å². The molecule has 0 aliphatic carbocycles. The molecule has 0 aromatic carbocycles. The third-order valence-corrected chi connectivity index (χ3v) is 0.665. The minimum absolute atomic E-state index is 0.414. The molecule has 0 aliphatic heterocycles. The number of hydrogen-bond acceptors (Lipinski definition) is 2. The molecule has 0 bridgehead atoms. The molecule has 0 N–H and O–H groups in total. The van der Waals surface area contributed by atoms with Crippen LogP contribution in [0.25, 0.3) is 0 Å². The fourth-order valence-electron chi connectivity index (χ4n) is 0.269. The van der Waals surface area contributed by atoms with Crippen LogP contribution < -0.4 is 0 Å². The lowest BCUT2D eigenvalue weighted by Crippen LogP contribution is -2.04. The smallest absolute Gasteiger partial charge is 0.220 e. The number of carbonyl (C=O) groups is 2. The van der Waals surface area contributed by atoms with Gasteiger partial charge in [0.1, 0.15) is 0 Å². The predicted octanol–water partition coefficient (Wildman–Crippen LogP) is 0.721. The monoisotopic (exact) mass is 112 g/mol. The van der Waals surface area contributed by atoms with Crippen LogP contribution in [-0.4, -0.2) is 11.6 Å². The molecule has 0 aliphatic rings. The molecule has 2 nitrogen and oxygen atoms in total. The number of carbonyl (C=O) groups excluding carboxylic acids is 2. The summed E-state index contributed by atoms with van der Waals surface area (Å²) in [4.78, 5) is 20.4. The van der Waals surface area contributed by atoms with Crippen molar-refractivity contribution in [3.8, 4) is 0 Å². The van der Waals surface area contributed by atoms with E-state index in [1.165, 1.54) is 13.0 Å². The molecule has 0 fully saturated rings.